The van der Waals surface area contributed by atoms with Gasteiger partial charge in [0.15, 0.2) is 0 Å². The molecular weight excluding hydrogens is 342 g/mol. The Labute approximate surface area is 190 Å². The number of aliphatic hydroxyl groups is 2. The van der Waals surface area contributed by atoms with Crippen molar-refractivity contribution >= 4 is 20.2 Å². The maximum atomic E-state index is 10.6. The molecule has 1 aliphatic rings. The first kappa shape index (κ1) is 23.3. The smallest absolute Gasteiger partial charge is 0.748 e. The summed E-state index contributed by atoms with van der Waals surface area (Å²) in [5.74, 6) is 0. The largest absolute Gasteiger partial charge is 1.00 e. The Balaban J connectivity index is 0. The first-order chi connectivity index (χ1) is 7.03. The number of aliphatic hydroxyl groups excluding tert-OH is 2. The topological polar surface area (TPSA) is 155 Å². The first-order valence-corrected chi connectivity index (χ1v) is 7.23. The van der Waals surface area contributed by atoms with E-state index in [4.69, 9.17) is 0 Å². The third kappa shape index (κ3) is 6.41. The molecule has 2 N–H and O–H groups in total. The summed E-state index contributed by atoms with van der Waals surface area (Å²) < 4.78 is 63.9. The molecule has 1 aliphatic carbocycles. The van der Waals surface area contributed by atoms with Gasteiger partial charge >= 0.3 is 103 Å². The molecule has 0 aromatic heterocycles. The number of rotatable bonds is 2. The van der Waals surface area contributed by atoms with Crippen molar-refractivity contribution in [2.45, 2.75) is 35.5 Å². The third-order valence-electron chi connectivity index (χ3n) is 2.55. The second kappa shape index (κ2) is 8.59. The number of hydrogen-bond donors (Lipinski definition) is 2. The summed E-state index contributed by atoms with van der Waals surface area (Å²) in [5, 5.41) is 15.0. The Kier molecular flexibility index (Phi) is 11.1. The van der Waals surface area contributed by atoms with Gasteiger partial charge in [0.05, 0.1) is 22.7 Å². The average Bonchev–Trinajstić information content (AvgIpc) is 2.04. The predicted molar refractivity (Wildman–Crippen MR) is 48.2 cm³/mol. The van der Waals surface area contributed by atoms with Crippen molar-refractivity contribution < 1.29 is 139 Å². The van der Waals surface area contributed by atoms with Gasteiger partial charge in [-0.15, -0.1) is 0 Å². The van der Waals surface area contributed by atoms with Gasteiger partial charge in [0, 0.05) is 0 Å². The minimum absolute atomic E-state index is 0. The summed E-state index contributed by atoms with van der Waals surface area (Å²) in [7, 11) is -9.67. The van der Waals surface area contributed by atoms with Gasteiger partial charge in [-0.3, -0.25) is 0 Å². The van der Waals surface area contributed by atoms with Crippen LogP contribution in [0, 0.1) is 0 Å². The van der Waals surface area contributed by atoms with Crippen molar-refractivity contribution in [1.29, 1.82) is 0 Å². The van der Waals surface area contributed by atoms with Crippen molar-refractivity contribution in [3.8, 4) is 0 Å². The fourth-order valence-corrected chi connectivity index (χ4v) is 3.57. The minimum atomic E-state index is -4.83. The van der Waals surface area contributed by atoms with Crippen LogP contribution in [0.1, 0.15) is 12.8 Å². The van der Waals surface area contributed by atoms with Gasteiger partial charge in [0.25, 0.3) is 0 Å². The summed E-state index contributed by atoms with van der Waals surface area (Å²) >= 11 is 0. The van der Waals surface area contributed by atoms with E-state index in [1.165, 1.54) is 0 Å². The van der Waals surface area contributed by atoms with Gasteiger partial charge < -0.3 is 19.3 Å². The van der Waals surface area contributed by atoms with Crippen molar-refractivity contribution in [2.24, 2.45) is 0 Å². The van der Waals surface area contributed by atoms with E-state index in [0.29, 0.717) is 0 Å². The van der Waals surface area contributed by atoms with Gasteiger partial charge in [0.1, 0.15) is 20.2 Å². The molecule has 18 heavy (non-hydrogen) atoms. The predicted octanol–water partition coefficient (Wildman–Crippen LogP) is -8.66. The zero-order valence-corrected chi connectivity index (χ0v) is 17.8. The van der Waals surface area contributed by atoms with Crippen LogP contribution in [0.15, 0.2) is 0 Å². The van der Waals surface area contributed by atoms with Crippen LogP contribution in [0.2, 0.25) is 0 Å². The van der Waals surface area contributed by atoms with Gasteiger partial charge in [-0.25, -0.2) is 16.8 Å². The monoisotopic (exact) mass is 352 g/mol. The zero-order valence-electron chi connectivity index (χ0n) is 9.88. The molecule has 96 valence electrons. The fraction of sp³-hybridized carbons (Fsp3) is 1.00. The van der Waals surface area contributed by atoms with E-state index in [1.807, 2.05) is 0 Å². The molecule has 1 rings (SSSR count). The van der Waals surface area contributed by atoms with E-state index < -0.39 is 55.8 Å². The molecule has 4 atom stereocenters. The zero-order chi connectivity index (χ0) is 12.7. The van der Waals surface area contributed by atoms with Crippen molar-refractivity contribution in [2.75, 3.05) is 0 Å². The molecule has 4 unspecified atom stereocenters. The van der Waals surface area contributed by atoms with Crippen LogP contribution in [0.5, 0.6) is 0 Å². The molecule has 1 saturated carbocycles. The van der Waals surface area contributed by atoms with E-state index in [9.17, 15) is 36.2 Å². The standard InChI is InChI=1S/C6H12O8S2.2K/c7-3-1-5(15(9,10)11)4(8)2-6(3)16(12,13)14;;/h3-8H,1-2H2,(H,9,10,11)(H,12,13,14);;/q;2*+1/p-2. The summed E-state index contributed by atoms with van der Waals surface area (Å²) in [6, 6.07) is 0. The molecule has 0 aromatic carbocycles. The summed E-state index contributed by atoms with van der Waals surface area (Å²) in [5.41, 5.74) is 0. The van der Waals surface area contributed by atoms with Crippen LogP contribution in [0.25, 0.3) is 0 Å². The van der Waals surface area contributed by atoms with Gasteiger partial charge in [0.2, 0.25) is 0 Å². The minimum Gasteiger partial charge on any atom is -0.748 e. The van der Waals surface area contributed by atoms with Crippen LogP contribution >= 0.6 is 0 Å². The molecule has 0 aromatic rings. The normalized spacial score (nSPS) is 33.1. The maximum absolute atomic E-state index is 10.6. The molecule has 0 heterocycles. The SMILES string of the molecule is O=S(=O)([O-])C1CC(O)C(S(=O)(=O)[O-])CC1O.[K+].[K+]. The molecule has 0 spiro atoms. The van der Waals surface area contributed by atoms with Crippen LogP contribution in [-0.4, -0.2) is 58.9 Å². The van der Waals surface area contributed by atoms with Crippen molar-refractivity contribution in [3.63, 3.8) is 0 Å². The van der Waals surface area contributed by atoms with Crippen molar-refractivity contribution in [1.82, 2.24) is 0 Å². The molecule has 0 bridgehead atoms. The molecule has 0 radical (unpaired) electrons. The Morgan fingerprint density at radius 2 is 1.00 bits per heavy atom. The molecule has 0 aliphatic heterocycles. The van der Waals surface area contributed by atoms with E-state index in [0.717, 1.165) is 0 Å². The second-order valence-electron chi connectivity index (χ2n) is 3.67. The van der Waals surface area contributed by atoms with Gasteiger partial charge in [-0.1, -0.05) is 0 Å². The van der Waals surface area contributed by atoms with Crippen LogP contribution in [0.4, 0.5) is 0 Å². The Hall–Kier alpha value is 3.01. The Morgan fingerprint density at radius 1 is 0.778 bits per heavy atom. The Morgan fingerprint density at radius 3 is 1.17 bits per heavy atom. The van der Waals surface area contributed by atoms with E-state index in [1.54, 1.807) is 0 Å². The maximum Gasteiger partial charge on any atom is 1.00 e. The van der Waals surface area contributed by atoms with E-state index in [-0.39, 0.29) is 103 Å². The van der Waals surface area contributed by atoms with Crippen LogP contribution in [-0.2, 0) is 20.2 Å². The summed E-state index contributed by atoms with van der Waals surface area (Å²) in [4.78, 5) is 0. The van der Waals surface area contributed by atoms with Crippen LogP contribution in [0.3, 0.4) is 0 Å². The van der Waals surface area contributed by atoms with Crippen molar-refractivity contribution in [3.05, 3.63) is 0 Å². The molecule has 12 heteroatoms. The molecular formula is C6H10K2O8S2. The van der Waals surface area contributed by atoms with Gasteiger partial charge in [-0.05, 0) is 12.8 Å². The molecule has 0 saturated heterocycles. The third-order valence-corrected chi connectivity index (χ3v) is 5.04. The molecule has 1 fully saturated rings. The molecule has 0 amide bonds. The van der Waals surface area contributed by atoms with Crippen LogP contribution < -0.4 is 103 Å². The summed E-state index contributed by atoms with van der Waals surface area (Å²) in [6.45, 7) is 0. The quantitative estimate of drug-likeness (QED) is 0.367. The first-order valence-electron chi connectivity index (χ1n) is 4.29. The average molecular weight is 352 g/mol. The van der Waals surface area contributed by atoms with E-state index >= 15 is 0 Å². The van der Waals surface area contributed by atoms with Gasteiger partial charge in [-0.2, -0.15) is 0 Å². The Bertz CT molecular complexity index is 416. The fourth-order valence-electron chi connectivity index (χ4n) is 1.71. The second-order valence-corrected chi connectivity index (χ2v) is 6.85. The summed E-state index contributed by atoms with van der Waals surface area (Å²) in [6.07, 6.45) is -5.00. The van der Waals surface area contributed by atoms with E-state index in [2.05, 4.69) is 0 Å². The molecule has 8 nitrogen and oxygen atoms in total. The number of hydrogen-bond acceptors (Lipinski definition) is 8.